The number of sulfonamides is 1. The van der Waals surface area contributed by atoms with Crippen molar-refractivity contribution in [1.29, 1.82) is 0 Å². The predicted octanol–water partition coefficient (Wildman–Crippen LogP) is 2.51. The fourth-order valence-electron chi connectivity index (χ4n) is 3.29. The molecule has 0 unspecified atom stereocenters. The third kappa shape index (κ3) is 2.84. The zero-order chi connectivity index (χ0) is 15.0. The van der Waals surface area contributed by atoms with Gasteiger partial charge in [-0.3, -0.25) is 4.90 Å². The summed E-state index contributed by atoms with van der Waals surface area (Å²) >= 11 is 6.20. The van der Waals surface area contributed by atoms with Gasteiger partial charge in [0.05, 0.1) is 5.02 Å². The van der Waals surface area contributed by atoms with Gasteiger partial charge in [-0.05, 0) is 50.9 Å². The van der Waals surface area contributed by atoms with Crippen molar-refractivity contribution in [2.24, 2.45) is 0 Å². The van der Waals surface area contributed by atoms with Crippen molar-refractivity contribution < 1.29 is 8.42 Å². The number of hydrogen-bond donors (Lipinski definition) is 0. The summed E-state index contributed by atoms with van der Waals surface area (Å²) in [6.07, 6.45) is 3.38. The van der Waals surface area contributed by atoms with Gasteiger partial charge in [-0.25, -0.2) is 8.42 Å². The Kier molecular flexibility index (Phi) is 4.28. The van der Waals surface area contributed by atoms with E-state index in [1.165, 1.54) is 12.8 Å². The molecule has 116 valence electrons. The summed E-state index contributed by atoms with van der Waals surface area (Å²) in [5.74, 6) is 0. The quantitative estimate of drug-likeness (QED) is 0.856. The van der Waals surface area contributed by atoms with Gasteiger partial charge in [0.2, 0.25) is 10.0 Å². The summed E-state index contributed by atoms with van der Waals surface area (Å²) in [7, 11) is -3.48. The van der Waals surface area contributed by atoms with Crippen molar-refractivity contribution in [2.75, 3.05) is 26.2 Å². The number of hydrogen-bond acceptors (Lipinski definition) is 3. The molecule has 2 aliphatic heterocycles. The summed E-state index contributed by atoms with van der Waals surface area (Å²) in [6, 6.07) is 5.56. The van der Waals surface area contributed by atoms with Crippen molar-refractivity contribution in [1.82, 2.24) is 9.21 Å². The molecule has 21 heavy (non-hydrogen) atoms. The van der Waals surface area contributed by atoms with Crippen LogP contribution in [0.15, 0.2) is 23.1 Å². The van der Waals surface area contributed by atoms with E-state index in [-0.39, 0.29) is 4.90 Å². The van der Waals surface area contributed by atoms with E-state index >= 15 is 0 Å². The molecule has 1 atom stereocenters. The van der Waals surface area contributed by atoms with E-state index in [1.807, 2.05) is 13.0 Å². The van der Waals surface area contributed by atoms with Crippen LogP contribution in [0.1, 0.15) is 24.8 Å². The minimum Gasteiger partial charge on any atom is -0.299 e. The van der Waals surface area contributed by atoms with Crippen molar-refractivity contribution in [3.05, 3.63) is 28.8 Å². The summed E-state index contributed by atoms with van der Waals surface area (Å²) in [4.78, 5) is 2.67. The van der Waals surface area contributed by atoms with Crippen molar-refractivity contribution in [3.8, 4) is 0 Å². The van der Waals surface area contributed by atoms with Gasteiger partial charge in [0.15, 0.2) is 0 Å². The second kappa shape index (κ2) is 5.88. The van der Waals surface area contributed by atoms with Gasteiger partial charge in [-0.2, -0.15) is 4.31 Å². The van der Waals surface area contributed by atoms with Gasteiger partial charge in [0.1, 0.15) is 4.90 Å². The highest BCUT2D eigenvalue weighted by atomic mass is 35.5. The van der Waals surface area contributed by atoms with Crippen LogP contribution >= 0.6 is 11.6 Å². The van der Waals surface area contributed by atoms with Crippen LogP contribution in [0.2, 0.25) is 5.02 Å². The van der Waals surface area contributed by atoms with Gasteiger partial charge in [0.25, 0.3) is 0 Å². The molecule has 1 aromatic rings. The van der Waals surface area contributed by atoms with Crippen LogP contribution in [-0.2, 0) is 10.0 Å². The molecule has 0 radical (unpaired) electrons. The standard InChI is InChI=1S/C15H21ClN2O2S/c1-12-5-4-6-14(15(12)16)21(19,20)18-10-7-13(11-18)17-8-2-3-9-17/h4-6,13H,2-3,7-11H2,1H3/t13-/m1/s1. The summed E-state index contributed by atoms with van der Waals surface area (Å²) < 4.78 is 27.2. The number of aryl methyl sites for hydroxylation is 1. The fraction of sp³-hybridized carbons (Fsp3) is 0.600. The second-order valence-electron chi connectivity index (χ2n) is 5.94. The second-order valence-corrected chi connectivity index (χ2v) is 8.22. The van der Waals surface area contributed by atoms with Crippen LogP contribution in [0.5, 0.6) is 0 Å². The number of benzene rings is 1. The van der Waals surface area contributed by atoms with Gasteiger partial charge in [0, 0.05) is 19.1 Å². The third-order valence-corrected chi connectivity index (χ3v) is 7.08. The van der Waals surface area contributed by atoms with E-state index in [2.05, 4.69) is 4.90 Å². The summed E-state index contributed by atoms with van der Waals surface area (Å²) in [6.45, 7) is 5.21. The molecule has 0 bridgehead atoms. The molecule has 2 aliphatic rings. The highest BCUT2D eigenvalue weighted by Gasteiger charge is 2.36. The molecular formula is C15H21ClN2O2S. The largest absolute Gasteiger partial charge is 0.299 e. The minimum atomic E-state index is -3.48. The zero-order valence-electron chi connectivity index (χ0n) is 12.3. The van der Waals surface area contributed by atoms with Gasteiger partial charge >= 0.3 is 0 Å². The average Bonchev–Trinajstić information content (AvgIpc) is 3.11. The lowest BCUT2D eigenvalue weighted by molar-refractivity contribution is 0.251. The van der Waals surface area contributed by atoms with Crippen LogP contribution in [-0.4, -0.2) is 49.8 Å². The predicted molar refractivity (Wildman–Crippen MR) is 84.2 cm³/mol. The lowest BCUT2D eigenvalue weighted by atomic mass is 10.2. The number of rotatable bonds is 3. The molecular weight excluding hydrogens is 308 g/mol. The topological polar surface area (TPSA) is 40.6 Å². The molecule has 0 aromatic heterocycles. The Labute approximate surface area is 131 Å². The summed E-state index contributed by atoms with van der Waals surface area (Å²) in [5.41, 5.74) is 0.799. The van der Waals surface area contributed by atoms with Crippen molar-refractivity contribution in [2.45, 2.75) is 37.1 Å². The number of likely N-dealkylation sites (tertiary alicyclic amines) is 1. The first kappa shape index (κ1) is 15.3. The van der Waals surface area contributed by atoms with Gasteiger partial charge in [-0.1, -0.05) is 23.7 Å². The Hall–Kier alpha value is -0.620. The van der Waals surface area contributed by atoms with Crippen molar-refractivity contribution in [3.63, 3.8) is 0 Å². The summed E-state index contributed by atoms with van der Waals surface area (Å²) in [5, 5.41) is 0.349. The average molecular weight is 329 g/mol. The van der Waals surface area contributed by atoms with E-state index < -0.39 is 10.0 Å². The van der Waals surface area contributed by atoms with Crippen LogP contribution in [0.25, 0.3) is 0 Å². The van der Waals surface area contributed by atoms with Crippen LogP contribution in [0, 0.1) is 6.92 Å². The Morgan fingerprint density at radius 3 is 2.62 bits per heavy atom. The van der Waals surface area contributed by atoms with E-state index in [0.717, 1.165) is 25.1 Å². The van der Waals surface area contributed by atoms with E-state index in [1.54, 1.807) is 16.4 Å². The van der Waals surface area contributed by atoms with Crippen LogP contribution in [0.3, 0.4) is 0 Å². The normalized spacial score (nSPS) is 24.8. The fourth-order valence-corrected chi connectivity index (χ4v) is 5.34. The maximum absolute atomic E-state index is 12.8. The maximum atomic E-state index is 12.8. The first-order valence-electron chi connectivity index (χ1n) is 7.49. The third-order valence-electron chi connectivity index (χ3n) is 4.56. The SMILES string of the molecule is Cc1cccc(S(=O)(=O)N2CC[C@@H](N3CCCC3)C2)c1Cl. The molecule has 2 saturated heterocycles. The Bertz CT molecular complexity index is 627. The lowest BCUT2D eigenvalue weighted by Gasteiger charge is -2.23. The van der Waals surface area contributed by atoms with Gasteiger partial charge < -0.3 is 0 Å². The Morgan fingerprint density at radius 1 is 1.19 bits per heavy atom. The first-order valence-corrected chi connectivity index (χ1v) is 9.31. The van der Waals surface area contributed by atoms with E-state index in [9.17, 15) is 8.42 Å². The Balaban J connectivity index is 1.81. The molecule has 2 heterocycles. The van der Waals surface area contributed by atoms with Gasteiger partial charge in [-0.15, -0.1) is 0 Å². The molecule has 0 aliphatic carbocycles. The zero-order valence-corrected chi connectivity index (χ0v) is 13.8. The highest BCUT2D eigenvalue weighted by molar-refractivity contribution is 7.89. The monoisotopic (exact) mass is 328 g/mol. The maximum Gasteiger partial charge on any atom is 0.244 e. The van der Waals surface area contributed by atoms with Crippen molar-refractivity contribution >= 4 is 21.6 Å². The molecule has 3 rings (SSSR count). The van der Waals surface area contributed by atoms with E-state index in [4.69, 9.17) is 11.6 Å². The first-order chi connectivity index (χ1) is 10.00. The molecule has 6 heteroatoms. The minimum absolute atomic E-state index is 0.242. The number of halogens is 1. The van der Waals surface area contributed by atoms with Crippen LogP contribution < -0.4 is 0 Å². The molecule has 1 aromatic carbocycles. The molecule has 2 fully saturated rings. The molecule has 0 spiro atoms. The molecule has 4 nitrogen and oxygen atoms in total. The molecule has 0 saturated carbocycles. The van der Waals surface area contributed by atoms with E-state index in [0.29, 0.717) is 24.2 Å². The number of nitrogens with zero attached hydrogens (tertiary/aromatic N) is 2. The molecule has 0 amide bonds. The molecule has 0 N–H and O–H groups in total. The smallest absolute Gasteiger partial charge is 0.244 e. The lowest BCUT2D eigenvalue weighted by Crippen LogP contribution is -2.37. The highest BCUT2D eigenvalue weighted by Crippen LogP contribution is 2.30. The Morgan fingerprint density at radius 2 is 1.90 bits per heavy atom. The van der Waals surface area contributed by atoms with Crippen LogP contribution in [0.4, 0.5) is 0 Å².